The van der Waals surface area contributed by atoms with Gasteiger partial charge in [0.2, 0.25) is 5.91 Å². The first-order chi connectivity index (χ1) is 14.6. The van der Waals surface area contributed by atoms with Crippen molar-refractivity contribution < 1.29 is 9.18 Å². The summed E-state index contributed by atoms with van der Waals surface area (Å²) < 4.78 is 13.7. The molecule has 0 saturated heterocycles. The van der Waals surface area contributed by atoms with Crippen LogP contribution in [0.15, 0.2) is 47.5 Å². The standard InChI is InChI=1S/C24H31FN4O/c1-3-26-24(28-16-19-11-10-18(2)22(25)15-19)27-13-6-9-23(30)29-14-12-20-7-4-5-8-21(20)17-29/h4-5,7-8,10-11,15H,3,6,9,12-14,16-17H2,1-2H3,(H2,26,27,28). The first-order valence-electron chi connectivity index (χ1n) is 10.7. The van der Waals surface area contributed by atoms with E-state index in [9.17, 15) is 9.18 Å². The summed E-state index contributed by atoms with van der Waals surface area (Å²) >= 11 is 0. The number of hydrogen-bond donors (Lipinski definition) is 2. The van der Waals surface area contributed by atoms with Gasteiger partial charge >= 0.3 is 0 Å². The lowest BCUT2D eigenvalue weighted by atomic mass is 9.99. The number of carbonyl (C=O) groups is 1. The van der Waals surface area contributed by atoms with Gasteiger partial charge in [0, 0.05) is 32.6 Å². The van der Waals surface area contributed by atoms with Crippen LogP contribution in [0, 0.1) is 12.7 Å². The van der Waals surface area contributed by atoms with E-state index < -0.39 is 0 Å². The number of fused-ring (bicyclic) bond motifs is 1. The van der Waals surface area contributed by atoms with E-state index in [0.29, 0.717) is 37.6 Å². The van der Waals surface area contributed by atoms with Crippen molar-refractivity contribution in [1.29, 1.82) is 0 Å². The molecule has 0 spiro atoms. The number of nitrogens with one attached hydrogen (secondary N) is 2. The molecule has 0 bridgehead atoms. The van der Waals surface area contributed by atoms with Crippen molar-refractivity contribution in [2.24, 2.45) is 4.99 Å². The Morgan fingerprint density at radius 2 is 1.97 bits per heavy atom. The van der Waals surface area contributed by atoms with E-state index in [1.54, 1.807) is 13.0 Å². The van der Waals surface area contributed by atoms with Crippen LogP contribution in [0.4, 0.5) is 4.39 Å². The van der Waals surface area contributed by atoms with E-state index >= 15 is 0 Å². The average molecular weight is 411 g/mol. The van der Waals surface area contributed by atoms with Crippen LogP contribution in [0.5, 0.6) is 0 Å². The van der Waals surface area contributed by atoms with Gasteiger partial charge in [0.05, 0.1) is 6.54 Å². The van der Waals surface area contributed by atoms with Gasteiger partial charge in [-0.2, -0.15) is 0 Å². The molecule has 1 heterocycles. The Bertz CT molecular complexity index is 897. The third-order valence-corrected chi connectivity index (χ3v) is 5.34. The Kier molecular flexibility index (Phi) is 7.82. The molecule has 2 aromatic carbocycles. The predicted molar refractivity (Wildman–Crippen MR) is 119 cm³/mol. The number of benzene rings is 2. The molecule has 3 rings (SSSR count). The van der Waals surface area contributed by atoms with Gasteiger partial charge in [0.15, 0.2) is 5.96 Å². The van der Waals surface area contributed by atoms with Crippen LogP contribution in [-0.4, -0.2) is 36.4 Å². The maximum atomic E-state index is 13.7. The van der Waals surface area contributed by atoms with Gasteiger partial charge in [0.25, 0.3) is 0 Å². The molecule has 2 N–H and O–H groups in total. The molecule has 1 aliphatic rings. The first-order valence-corrected chi connectivity index (χ1v) is 10.7. The van der Waals surface area contributed by atoms with E-state index in [4.69, 9.17) is 0 Å². The Balaban J connectivity index is 1.44. The lowest BCUT2D eigenvalue weighted by Crippen LogP contribution is -2.39. The minimum Gasteiger partial charge on any atom is -0.357 e. The van der Waals surface area contributed by atoms with Crippen LogP contribution in [0.25, 0.3) is 0 Å². The lowest BCUT2D eigenvalue weighted by Gasteiger charge is -2.29. The van der Waals surface area contributed by atoms with Crippen LogP contribution in [-0.2, 0) is 24.3 Å². The third-order valence-electron chi connectivity index (χ3n) is 5.34. The fraction of sp³-hybridized carbons (Fsp3) is 0.417. The second-order valence-corrected chi connectivity index (χ2v) is 7.64. The Morgan fingerprint density at radius 1 is 1.17 bits per heavy atom. The highest BCUT2D eigenvalue weighted by molar-refractivity contribution is 5.80. The van der Waals surface area contributed by atoms with Crippen molar-refractivity contribution >= 4 is 11.9 Å². The molecule has 0 radical (unpaired) electrons. The SMILES string of the molecule is CCNC(=NCc1ccc(C)c(F)c1)NCCCC(=O)N1CCc2ccccc2C1. The van der Waals surface area contributed by atoms with Crippen molar-refractivity contribution in [2.75, 3.05) is 19.6 Å². The first kappa shape index (κ1) is 21.8. The van der Waals surface area contributed by atoms with Crippen LogP contribution < -0.4 is 10.6 Å². The van der Waals surface area contributed by atoms with E-state index in [0.717, 1.165) is 31.5 Å². The molecule has 0 fully saturated rings. The van der Waals surface area contributed by atoms with Gasteiger partial charge in [0.1, 0.15) is 5.82 Å². The molecular formula is C24H31FN4O. The third kappa shape index (κ3) is 6.05. The van der Waals surface area contributed by atoms with Gasteiger partial charge in [-0.3, -0.25) is 4.79 Å². The van der Waals surface area contributed by atoms with Crippen molar-refractivity contribution in [1.82, 2.24) is 15.5 Å². The number of guanidine groups is 1. The summed E-state index contributed by atoms with van der Waals surface area (Å²) in [6.07, 6.45) is 2.18. The molecular weight excluding hydrogens is 379 g/mol. The maximum absolute atomic E-state index is 13.7. The number of carbonyl (C=O) groups excluding carboxylic acids is 1. The second kappa shape index (κ2) is 10.8. The quantitative estimate of drug-likeness (QED) is 0.417. The van der Waals surface area contributed by atoms with Gasteiger partial charge in [-0.1, -0.05) is 36.4 Å². The topological polar surface area (TPSA) is 56.7 Å². The molecule has 30 heavy (non-hydrogen) atoms. The average Bonchev–Trinajstić information content (AvgIpc) is 2.76. The zero-order valence-electron chi connectivity index (χ0n) is 17.9. The second-order valence-electron chi connectivity index (χ2n) is 7.64. The highest BCUT2D eigenvalue weighted by atomic mass is 19.1. The predicted octanol–water partition coefficient (Wildman–Crippen LogP) is 3.55. The van der Waals surface area contributed by atoms with Gasteiger partial charge in [-0.25, -0.2) is 9.38 Å². The molecule has 5 nitrogen and oxygen atoms in total. The normalized spacial score (nSPS) is 13.7. The number of halogens is 1. The number of nitrogens with zero attached hydrogens (tertiary/aromatic N) is 2. The zero-order chi connectivity index (χ0) is 21.3. The molecule has 0 aliphatic carbocycles. The summed E-state index contributed by atoms with van der Waals surface area (Å²) in [5, 5.41) is 6.46. The van der Waals surface area contributed by atoms with Gasteiger partial charge in [-0.05, 0) is 55.0 Å². The van der Waals surface area contributed by atoms with Crippen molar-refractivity contribution in [3.8, 4) is 0 Å². The summed E-state index contributed by atoms with van der Waals surface area (Å²) in [5.74, 6) is 0.667. The molecule has 160 valence electrons. The fourth-order valence-electron chi connectivity index (χ4n) is 3.56. The lowest BCUT2D eigenvalue weighted by molar-refractivity contribution is -0.132. The summed E-state index contributed by atoms with van der Waals surface area (Å²) in [6, 6.07) is 13.5. The Hall–Kier alpha value is -2.89. The fourth-order valence-corrected chi connectivity index (χ4v) is 3.56. The number of amides is 1. The molecule has 2 aromatic rings. The molecule has 1 aliphatic heterocycles. The minimum atomic E-state index is -0.209. The number of aryl methyl sites for hydroxylation is 1. The van der Waals surface area contributed by atoms with E-state index in [2.05, 4.69) is 33.8 Å². The van der Waals surface area contributed by atoms with Crippen molar-refractivity contribution in [3.05, 3.63) is 70.5 Å². The largest absolute Gasteiger partial charge is 0.357 e. The molecule has 6 heteroatoms. The van der Waals surface area contributed by atoms with Gasteiger partial charge in [-0.15, -0.1) is 0 Å². The number of hydrogen-bond acceptors (Lipinski definition) is 2. The van der Waals surface area contributed by atoms with Crippen molar-refractivity contribution in [2.45, 2.75) is 46.2 Å². The Labute approximate surface area is 178 Å². The van der Waals surface area contributed by atoms with Crippen LogP contribution in [0.3, 0.4) is 0 Å². The highest BCUT2D eigenvalue weighted by Crippen LogP contribution is 2.19. The Morgan fingerprint density at radius 3 is 2.73 bits per heavy atom. The molecule has 0 aromatic heterocycles. The van der Waals surface area contributed by atoms with Crippen molar-refractivity contribution in [3.63, 3.8) is 0 Å². The maximum Gasteiger partial charge on any atom is 0.222 e. The molecule has 1 amide bonds. The zero-order valence-corrected chi connectivity index (χ0v) is 17.9. The summed E-state index contributed by atoms with van der Waals surface area (Å²) in [4.78, 5) is 19.0. The van der Waals surface area contributed by atoms with E-state index in [1.807, 2.05) is 24.0 Å². The van der Waals surface area contributed by atoms with Crippen LogP contribution in [0.1, 0.15) is 42.0 Å². The van der Waals surface area contributed by atoms with Crippen LogP contribution in [0.2, 0.25) is 0 Å². The number of rotatable bonds is 7. The highest BCUT2D eigenvalue weighted by Gasteiger charge is 2.19. The van der Waals surface area contributed by atoms with Gasteiger partial charge < -0.3 is 15.5 Å². The smallest absolute Gasteiger partial charge is 0.222 e. The van der Waals surface area contributed by atoms with Crippen LogP contribution >= 0.6 is 0 Å². The number of aliphatic imine (C=N–C) groups is 1. The monoisotopic (exact) mass is 410 g/mol. The molecule has 0 unspecified atom stereocenters. The molecule has 0 saturated carbocycles. The summed E-state index contributed by atoms with van der Waals surface area (Å²) in [6.45, 7) is 7.04. The van der Waals surface area contributed by atoms with E-state index in [-0.39, 0.29) is 11.7 Å². The summed E-state index contributed by atoms with van der Waals surface area (Å²) in [7, 11) is 0. The van der Waals surface area contributed by atoms with E-state index in [1.165, 1.54) is 17.2 Å². The molecule has 0 atom stereocenters. The summed E-state index contributed by atoms with van der Waals surface area (Å²) in [5.41, 5.74) is 4.07. The minimum absolute atomic E-state index is 0.198.